The summed E-state index contributed by atoms with van der Waals surface area (Å²) in [5.74, 6) is 0.735. The quantitative estimate of drug-likeness (QED) is 0.830. The average Bonchev–Trinajstić information content (AvgIpc) is 2.72. The van der Waals surface area contributed by atoms with Gasteiger partial charge in [-0.25, -0.2) is 0 Å². The standard InChI is InChI=1S/C13H16ClNO2/c1-2-5-16-8-11(15)13-7-9-6-10(14)3-4-12(9)17-13/h3-4,6-7,11H,2,5,8,15H2,1H3. The zero-order chi connectivity index (χ0) is 12.3. The molecule has 3 nitrogen and oxygen atoms in total. The number of benzene rings is 1. The average molecular weight is 254 g/mol. The normalized spacial score (nSPS) is 13.1. The molecule has 0 aliphatic heterocycles. The first-order valence-corrected chi connectivity index (χ1v) is 6.11. The maximum absolute atomic E-state index is 5.99. The number of rotatable bonds is 5. The Morgan fingerprint density at radius 1 is 1.41 bits per heavy atom. The second-order valence-electron chi connectivity index (χ2n) is 4.01. The van der Waals surface area contributed by atoms with E-state index in [9.17, 15) is 0 Å². The Hall–Kier alpha value is -1.03. The van der Waals surface area contributed by atoms with Gasteiger partial charge in [-0.3, -0.25) is 0 Å². The van der Waals surface area contributed by atoms with Crippen molar-refractivity contribution in [1.82, 2.24) is 0 Å². The number of ether oxygens (including phenoxy) is 1. The minimum absolute atomic E-state index is 0.229. The van der Waals surface area contributed by atoms with Crippen LogP contribution in [0.1, 0.15) is 25.1 Å². The van der Waals surface area contributed by atoms with Crippen molar-refractivity contribution < 1.29 is 9.15 Å². The van der Waals surface area contributed by atoms with Gasteiger partial charge in [0.1, 0.15) is 11.3 Å². The molecule has 92 valence electrons. The Bertz CT molecular complexity index is 495. The Kier molecular flexibility index (Phi) is 4.05. The number of halogens is 1. The van der Waals surface area contributed by atoms with Crippen LogP contribution < -0.4 is 5.73 Å². The van der Waals surface area contributed by atoms with Gasteiger partial charge < -0.3 is 14.9 Å². The van der Waals surface area contributed by atoms with E-state index in [4.69, 9.17) is 26.5 Å². The van der Waals surface area contributed by atoms with Gasteiger partial charge in [-0.2, -0.15) is 0 Å². The summed E-state index contributed by atoms with van der Waals surface area (Å²) in [4.78, 5) is 0. The molecule has 0 aliphatic carbocycles. The third kappa shape index (κ3) is 3.00. The highest BCUT2D eigenvalue weighted by molar-refractivity contribution is 6.31. The lowest BCUT2D eigenvalue weighted by Crippen LogP contribution is -2.16. The summed E-state index contributed by atoms with van der Waals surface area (Å²) >= 11 is 5.91. The molecule has 0 fully saturated rings. The van der Waals surface area contributed by atoms with E-state index >= 15 is 0 Å². The summed E-state index contributed by atoms with van der Waals surface area (Å²) < 4.78 is 11.1. The second-order valence-corrected chi connectivity index (χ2v) is 4.45. The number of hydrogen-bond donors (Lipinski definition) is 1. The van der Waals surface area contributed by atoms with Crippen LogP contribution in [-0.4, -0.2) is 13.2 Å². The van der Waals surface area contributed by atoms with E-state index in [0.29, 0.717) is 11.6 Å². The van der Waals surface area contributed by atoms with Crippen LogP contribution in [-0.2, 0) is 4.74 Å². The smallest absolute Gasteiger partial charge is 0.134 e. The monoisotopic (exact) mass is 253 g/mol. The van der Waals surface area contributed by atoms with Gasteiger partial charge >= 0.3 is 0 Å². The van der Waals surface area contributed by atoms with Crippen molar-refractivity contribution in [2.24, 2.45) is 5.73 Å². The fourth-order valence-electron chi connectivity index (χ4n) is 1.65. The fourth-order valence-corrected chi connectivity index (χ4v) is 1.83. The van der Waals surface area contributed by atoms with Gasteiger partial charge in [0.15, 0.2) is 0 Å². The number of hydrogen-bond acceptors (Lipinski definition) is 3. The predicted octanol–water partition coefficient (Wildman–Crippen LogP) is 3.51. The summed E-state index contributed by atoms with van der Waals surface area (Å²) in [6.45, 7) is 3.26. The van der Waals surface area contributed by atoms with Gasteiger partial charge in [-0.05, 0) is 30.7 Å². The first-order valence-electron chi connectivity index (χ1n) is 5.73. The van der Waals surface area contributed by atoms with Crippen molar-refractivity contribution in [1.29, 1.82) is 0 Å². The van der Waals surface area contributed by atoms with Gasteiger partial charge in [-0.1, -0.05) is 18.5 Å². The lowest BCUT2D eigenvalue weighted by Gasteiger charge is -2.08. The summed E-state index contributed by atoms with van der Waals surface area (Å²) in [5, 5.41) is 1.67. The van der Waals surface area contributed by atoms with Gasteiger partial charge in [0.2, 0.25) is 0 Å². The third-order valence-electron chi connectivity index (χ3n) is 2.51. The number of nitrogens with two attached hydrogens (primary N) is 1. The fraction of sp³-hybridized carbons (Fsp3) is 0.385. The molecule has 2 rings (SSSR count). The van der Waals surface area contributed by atoms with E-state index < -0.39 is 0 Å². The maximum Gasteiger partial charge on any atom is 0.134 e. The molecule has 0 saturated heterocycles. The van der Waals surface area contributed by atoms with Crippen molar-refractivity contribution in [2.45, 2.75) is 19.4 Å². The molecule has 17 heavy (non-hydrogen) atoms. The molecule has 1 aromatic heterocycles. The van der Waals surface area contributed by atoms with Crippen molar-refractivity contribution in [3.8, 4) is 0 Å². The first-order chi connectivity index (χ1) is 8.20. The largest absolute Gasteiger partial charge is 0.459 e. The maximum atomic E-state index is 5.99. The zero-order valence-corrected chi connectivity index (χ0v) is 10.5. The molecule has 4 heteroatoms. The van der Waals surface area contributed by atoms with Gasteiger partial charge in [0.25, 0.3) is 0 Å². The van der Waals surface area contributed by atoms with Crippen LogP contribution in [0.15, 0.2) is 28.7 Å². The number of fused-ring (bicyclic) bond motifs is 1. The molecular formula is C13H16ClNO2. The molecular weight excluding hydrogens is 238 g/mol. The molecule has 0 radical (unpaired) electrons. The Labute approximate surface area is 105 Å². The highest BCUT2D eigenvalue weighted by atomic mass is 35.5. The molecule has 1 heterocycles. The van der Waals surface area contributed by atoms with Gasteiger partial charge in [0.05, 0.1) is 12.6 Å². The molecule has 0 saturated carbocycles. The first kappa shape index (κ1) is 12.4. The lowest BCUT2D eigenvalue weighted by atomic mass is 10.2. The second kappa shape index (κ2) is 5.54. The van der Waals surface area contributed by atoms with Crippen LogP contribution in [0, 0.1) is 0 Å². The molecule has 0 spiro atoms. The molecule has 1 aromatic carbocycles. The summed E-state index contributed by atoms with van der Waals surface area (Å²) in [7, 11) is 0. The van der Waals surface area contributed by atoms with E-state index in [0.717, 1.165) is 29.8 Å². The van der Waals surface area contributed by atoms with Crippen molar-refractivity contribution in [2.75, 3.05) is 13.2 Å². The predicted molar refractivity (Wildman–Crippen MR) is 69.3 cm³/mol. The van der Waals surface area contributed by atoms with Crippen LogP contribution in [0.3, 0.4) is 0 Å². The lowest BCUT2D eigenvalue weighted by molar-refractivity contribution is 0.117. The summed E-state index contributed by atoms with van der Waals surface area (Å²) in [6.07, 6.45) is 0.989. The van der Waals surface area contributed by atoms with Gasteiger partial charge in [0, 0.05) is 17.0 Å². The number of furan rings is 1. The van der Waals surface area contributed by atoms with Crippen molar-refractivity contribution in [3.05, 3.63) is 35.0 Å². The van der Waals surface area contributed by atoms with E-state index in [2.05, 4.69) is 6.92 Å². The Morgan fingerprint density at radius 3 is 3.00 bits per heavy atom. The highest BCUT2D eigenvalue weighted by Gasteiger charge is 2.12. The molecule has 1 unspecified atom stereocenters. The third-order valence-corrected chi connectivity index (χ3v) is 2.74. The van der Waals surface area contributed by atoms with Crippen LogP contribution in [0.25, 0.3) is 11.0 Å². The van der Waals surface area contributed by atoms with Gasteiger partial charge in [-0.15, -0.1) is 0 Å². The van der Waals surface area contributed by atoms with Crippen LogP contribution in [0.2, 0.25) is 5.02 Å². The molecule has 0 bridgehead atoms. The van der Waals surface area contributed by atoms with Crippen molar-refractivity contribution in [3.63, 3.8) is 0 Å². The van der Waals surface area contributed by atoms with E-state index in [1.807, 2.05) is 18.2 Å². The minimum Gasteiger partial charge on any atom is -0.459 e. The topological polar surface area (TPSA) is 48.4 Å². The molecule has 2 aromatic rings. The molecule has 2 N–H and O–H groups in total. The van der Waals surface area contributed by atoms with E-state index in [1.165, 1.54) is 0 Å². The SMILES string of the molecule is CCCOCC(N)c1cc2cc(Cl)ccc2o1. The Balaban J connectivity index is 2.12. The van der Waals surface area contributed by atoms with Crippen LogP contribution in [0.5, 0.6) is 0 Å². The van der Waals surface area contributed by atoms with Crippen LogP contribution >= 0.6 is 11.6 Å². The van der Waals surface area contributed by atoms with E-state index in [1.54, 1.807) is 6.07 Å². The molecule has 0 aliphatic rings. The summed E-state index contributed by atoms with van der Waals surface area (Å²) in [6, 6.07) is 7.20. The highest BCUT2D eigenvalue weighted by Crippen LogP contribution is 2.25. The summed E-state index contributed by atoms with van der Waals surface area (Å²) in [5.41, 5.74) is 6.79. The molecule has 0 amide bonds. The molecule has 1 atom stereocenters. The Morgan fingerprint density at radius 2 is 2.24 bits per heavy atom. The van der Waals surface area contributed by atoms with Crippen LogP contribution in [0.4, 0.5) is 0 Å². The van der Waals surface area contributed by atoms with Crippen molar-refractivity contribution >= 4 is 22.6 Å². The van der Waals surface area contributed by atoms with E-state index in [-0.39, 0.29) is 6.04 Å². The minimum atomic E-state index is -0.229. The zero-order valence-electron chi connectivity index (χ0n) is 9.78.